The zero-order valence-corrected chi connectivity index (χ0v) is 14.8. The van der Waals surface area contributed by atoms with Crippen LogP contribution in [-0.4, -0.2) is 21.3 Å². The molecule has 3 rings (SSSR count). The quantitative estimate of drug-likeness (QED) is 0.640. The first kappa shape index (κ1) is 17.2. The van der Waals surface area contributed by atoms with Crippen molar-refractivity contribution in [2.45, 2.75) is 6.92 Å². The van der Waals surface area contributed by atoms with Crippen LogP contribution in [0.5, 0.6) is 0 Å². The molecule has 0 bridgehead atoms. The van der Waals surface area contributed by atoms with E-state index in [4.69, 9.17) is 16.6 Å². The molecule has 0 radical (unpaired) electrons. The third-order valence-corrected chi connectivity index (χ3v) is 4.88. The highest BCUT2D eigenvalue weighted by atomic mass is 32.2. The predicted molar refractivity (Wildman–Crippen MR) is 102 cm³/mol. The molecule has 1 aliphatic heterocycles. The van der Waals surface area contributed by atoms with E-state index in [1.54, 1.807) is 55.7 Å². The maximum absolute atomic E-state index is 12.6. The smallest absolute Gasteiger partial charge is 0.336 e. The Hall–Kier alpha value is -2.64. The SMILES string of the molecule is Cc1ccc(N2C(=O)C(=CC=Cc3ccco3)SC2=S)cc1C(=O)O. The zero-order chi connectivity index (χ0) is 18.0. The standard InChI is InChI=1S/C18H13NO4S2/c1-11-7-8-12(10-14(11)17(21)22)19-16(20)15(25-18(19)24)6-2-4-13-5-3-9-23-13/h2-10H,1H3,(H,21,22). The Morgan fingerprint density at radius 2 is 2.16 bits per heavy atom. The molecule has 1 saturated heterocycles. The number of allylic oxidation sites excluding steroid dienone is 2. The molecule has 1 aromatic heterocycles. The van der Waals surface area contributed by atoms with Crippen molar-refractivity contribution in [2.24, 2.45) is 0 Å². The summed E-state index contributed by atoms with van der Waals surface area (Å²) < 4.78 is 5.55. The van der Waals surface area contributed by atoms with Crippen LogP contribution in [0.25, 0.3) is 6.08 Å². The Kier molecular flexibility index (Phi) is 4.87. The van der Waals surface area contributed by atoms with E-state index in [2.05, 4.69) is 0 Å². The Morgan fingerprint density at radius 3 is 2.84 bits per heavy atom. The fourth-order valence-corrected chi connectivity index (χ4v) is 3.55. The largest absolute Gasteiger partial charge is 0.478 e. The lowest BCUT2D eigenvalue weighted by Gasteiger charge is -2.15. The average molecular weight is 371 g/mol. The minimum absolute atomic E-state index is 0.147. The molecular weight excluding hydrogens is 358 g/mol. The fraction of sp³-hybridized carbons (Fsp3) is 0.0556. The lowest BCUT2D eigenvalue weighted by atomic mass is 10.1. The van der Waals surface area contributed by atoms with Gasteiger partial charge in [0.1, 0.15) is 5.76 Å². The molecule has 126 valence electrons. The Morgan fingerprint density at radius 1 is 1.36 bits per heavy atom. The number of anilines is 1. The highest BCUT2D eigenvalue weighted by Crippen LogP contribution is 2.35. The molecule has 0 atom stereocenters. The van der Waals surface area contributed by atoms with Crippen LogP contribution >= 0.6 is 24.0 Å². The first-order valence-electron chi connectivity index (χ1n) is 7.29. The predicted octanol–water partition coefficient (Wildman–Crippen LogP) is 4.25. The van der Waals surface area contributed by atoms with Gasteiger partial charge in [0.05, 0.1) is 22.4 Å². The normalized spacial score (nSPS) is 16.4. The van der Waals surface area contributed by atoms with Crippen LogP contribution in [0.3, 0.4) is 0 Å². The summed E-state index contributed by atoms with van der Waals surface area (Å²) in [6.45, 7) is 1.71. The molecular formula is C18H13NO4S2. The van der Waals surface area contributed by atoms with Gasteiger partial charge in [-0.25, -0.2) is 4.79 Å². The van der Waals surface area contributed by atoms with E-state index < -0.39 is 5.97 Å². The molecule has 0 unspecified atom stereocenters. The molecule has 0 saturated carbocycles. The molecule has 1 aliphatic rings. The number of carbonyl (C=O) groups is 2. The number of carboxylic acids is 1. The summed E-state index contributed by atoms with van der Waals surface area (Å²) in [6.07, 6.45) is 6.68. The van der Waals surface area contributed by atoms with Gasteiger partial charge in [-0.1, -0.05) is 36.1 Å². The van der Waals surface area contributed by atoms with Gasteiger partial charge in [0.2, 0.25) is 0 Å². The third-order valence-electron chi connectivity index (χ3n) is 3.55. The molecule has 0 aliphatic carbocycles. The van der Waals surface area contributed by atoms with Gasteiger partial charge < -0.3 is 9.52 Å². The van der Waals surface area contributed by atoms with Crippen LogP contribution in [0.1, 0.15) is 21.7 Å². The van der Waals surface area contributed by atoms with Crippen LogP contribution in [0, 0.1) is 6.92 Å². The van der Waals surface area contributed by atoms with E-state index >= 15 is 0 Å². The van der Waals surface area contributed by atoms with E-state index in [1.165, 1.54) is 22.7 Å². The first-order chi connectivity index (χ1) is 12.0. The lowest BCUT2D eigenvalue weighted by Crippen LogP contribution is -2.27. The van der Waals surface area contributed by atoms with Gasteiger partial charge in [-0.3, -0.25) is 9.69 Å². The molecule has 7 heteroatoms. The number of aryl methyl sites for hydroxylation is 1. The number of aromatic carboxylic acids is 1. The van der Waals surface area contributed by atoms with Crippen molar-refractivity contribution >= 4 is 51.9 Å². The number of thioether (sulfide) groups is 1. The third kappa shape index (κ3) is 3.57. The number of rotatable bonds is 4. The van der Waals surface area contributed by atoms with Crippen molar-refractivity contribution in [2.75, 3.05) is 4.90 Å². The van der Waals surface area contributed by atoms with E-state index in [0.29, 0.717) is 26.2 Å². The van der Waals surface area contributed by atoms with E-state index in [-0.39, 0.29) is 11.5 Å². The first-order valence-corrected chi connectivity index (χ1v) is 8.52. The summed E-state index contributed by atoms with van der Waals surface area (Å²) in [5, 5.41) is 9.25. The number of benzene rings is 1. The van der Waals surface area contributed by atoms with Crippen LogP contribution < -0.4 is 4.90 Å². The number of carboxylic acid groups (broad SMARTS) is 1. The van der Waals surface area contributed by atoms with Gasteiger partial charge in [0.25, 0.3) is 5.91 Å². The number of nitrogens with zero attached hydrogens (tertiary/aromatic N) is 1. The van der Waals surface area contributed by atoms with E-state index in [1.807, 2.05) is 0 Å². The Balaban J connectivity index is 1.87. The summed E-state index contributed by atoms with van der Waals surface area (Å²) >= 11 is 6.46. The molecule has 5 nitrogen and oxygen atoms in total. The summed E-state index contributed by atoms with van der Waals surface area (Å²) in [4.78, 5) is 25.7. The van der Waals surface area contributed by atoms with Crippen molar-refractivity contribution in [1.82, 2.24) is 0 Å². The highest BCUT2D eigenvalue weighted by Gasteiger charge is 2.33. The minimum Gasteiger partial charge on any atom is -0.478 e. The summed E-state index contributed by atoms with van der Waals surface area (Å²) in [5.41, 5.74) is 1.22. The monoisotopic (exact) mass is 371 g/mol. The van der Waals surface area contributed by atoms with Crippen LogP contribution in [-0.2, 0) is 4.79 Å². The summed E-state index contributed by atoms with van der Waals surface area (Å²) in [6, 6.07) is 8.39. The van der Waals surface area contributed by atoms with Crippen molar-refractivity contribution < 1.29 is 19.1 Å². The van der Waals surface area contributed by atoms with Gasteiger partial charge >= 0.3 is 5.97 Å². The van der Waals surface area contributed by atoms with Crippen molar-refractivity contribution in [3.8, 4) is 0 Å². The van der Waals surface area contributed by atoms with Crippen molar-refractivity contribution in [3.05, 3.63) is 70.5 Å². The van der Waals surface area contributed by atoms with Gasteiger partial charge in [0, 0.05) is 0 Å². The molecule has 25 heavy (non-hydrogen) atoms. The number of thiocarbonyl (C=S) groups is 1. The Bertz CT molecular complexity index is 913. The van der Waals surface area contributed by atoms with Gasteiger partial charge in [-0.2, -0.15) is 0 Å². The van der Waals surface area contributed by atoms with Crippen LogP contribution in [0.2, 0.25) is 0 Å². The van der Waals surface area contributed by atoms with Gasteiger partial charge in [-0.15, -0.1) is 0 Å². The molecule has 2 heterocycles. The maximum atomic E-state index is 12.6. The van der Waals surface area contributed by atoms with Crippen molar-refractivity contribution in [3.63, 3.8) is 0 Å². The van der Waals surface area contributed by atoms with Gasteiger partial charge in [-0.05, 0) is 48.9 Å². The Labute approximate surface area is 153 Å². The molecule has 1 fully saturated rings. The van der Waals surface area contributed by atoms with Crippen LogP contribution in [0.4, 0.5) is 5.69 Å². The molecule has 2 aromatic rings. The second kappa shape index (κ2) is 7.08. The fourth-order valence-electron chi connectivity index (χ4n) is 2.30. The van der Waals surface area contributed by atoms with E-state index in [9.17, 15) is 14.7 Å². The summed E-state index contributed by atoms with van der Waals surface area (Å²) in [5.74, 6) is -0.641. The average Bonchev–Trinajstić information content (AvgIpc) is 3.17. The van der Waals surface area contributed by atoms with Crippen molar-refractivity contribution in [1.29, 1.82) is 0 Å². The second-order valence-electron chi connectivity index (χ2n) is 5.22. The van der Waals surface area contributed by atoms with Gasteiger partial charge in [0.15, 0.2) is 4.32 Å². The highest BCUT2D eigenvalue weighted by molar-refractivity contribution is 8.27. The molecule has 1 N–H and O–H groups in total. The number of carbonyl (C=O) groups excluding carboxylic acids is 1. The summed E-state index contributed by atoms with van der Waals surface area (Å²) in [7, 11) is 0. The minimum atomic E-state index is -1.04. The molecule has 1 amide bonds. The number of amides is 1. The second-order valence-corrected chi connectivity index (χ2v) is 6.89. The topological polar surface area (TPSA) is 70.8 Å². The number of hydrogen-bond acceptors (Lipinski definition) is 5. The van der Waals surface area contributed by atoms with Crippen LogP contribution in [0.15, 0.2) is 58.1 Å². The molecule has 1 aromatic carbocycles. The number of furan rings is 1. The zero-order valence-electron chi connectivity index (χ0n) is 13.1. The molecule has 0 spiro atoms. The number of hydrogen-bond donors (Lipinski definition) is 1. The maximum Gasteiger partial charge on any atom is 0.336 e. The lowest BCUT2D eigenvalue weighted by molar-refractivity contribution is -0.113. The van der Waals surface area contributed by atoms with E-state index in [0.717, 1.165) is 0 Å².